The lowest BCUT2D eigenvalue weighted by molar-refractivity contribution is 0.314. The van der Waals surface area contributed by atoms with Crippen molar-refractivity contribution in [2.75, 3.05) is 7.11 Å². The first kappa shape index (κ1) is 11.8. The number of fused-ring (bicyclic) bond motifs is 1. The summed E-state index contributed by atoms with van der Waals surface area (Å²) in [4.78, 5) is 0. The molecule has 15 heavy (non-hydrogen) atoms. The fourth-order valence-electron chi connectivity index (χ4n) is 1.03. The predicted molar refractivity (Wildman–Crippen MR) is 52.6 cm³/mol. The van der Waals surface area contributed by atoms with Crippen LogP contribution in [0, 0.1) is 12.0 Å². The number of nitrogens with zero attached hydrogens (tertiary/aromatic N) is 1. The highest BCUT2D eigenvalue weighted by Crippen LogP contribution is 2.12. The molecule has 0 saturated carbocycles. The normalized spacial score (nSPS) is 26.0. The van der Waals surface area contributed by atoms with Gasteiger partial charge in [-0.25, -0.2) is 8.42 Å². The van der Waals surface area contributed by atoms with Gasteiger partial charge in [0.15, 0.2) is 12.1 Å². The third-order valence-electron chi connectivity index (χ3n) is 1.75. The molecule has 0 aromatic rings. The van der Waals surface area contributed by atoms with Gasteiger partial charge in [-0.05, 0) is 0 Å². The van der Waals surface area contributed by atoms with Gasteiger partial charge >= 0.3 is 0 Å². The molecule has 1 N–H and O–H groups in total. The lowest BCUT2D eigenvalue weighted by Crippen LogP contribution is -2.25. The molecule has 7 heteroatoms. The summed E-state index contributed by atoms with van der Waals surface area (Å²) in [6.45, 7) is 0. The predicted octanol–water partition coefficient (Wildman–Crippen LogP) is -0.418. The molecule has 0 radical (unpaired) electrons. The number of hydrazone groups is 1. The van der Waals surface area contributed by atoms with E-state index in [1.54, 1.807) is 0 Å². The first-order valence-electron chi connectivity index (χ1n) is 4.09. The van der Waals surface area contributed by atoms with Gasteiger partial charge in [0.25, 0.3) is 0 Å². The molecule has 2 unspecified atom stereocenters. The van der Waals surface area contributed by atoms with Crippen molar-refractivity contribution in [3.63, 3.8) is 0 Å². The maximum atomic E-state index is 9.22. The van der Waals surface area contributed by atoms with Crippen molar-refractivity contribution < 1.29 is 17.2 Å². The molecule has 0 saturated heterocycles. The third kappa shape index (κ3) is 4.18. The van der Waals surface area contributed by atoms with Crippen LogP contribution in [0.1, 0.15) is 0 Å². The molecule has 6 nitrogen and oxygen atoms in total. The van der Waals surface area contributed by atoms with E-state index in [4.69, 9.17) is 0 Å². The van der Waals surface area contributed by atoms with E-state index in [9.17, 15) is 13.0 Å². The summed E-state index contributed by atoms with van der Waals surface area (Å²) in [6, 6.07) is 0.301. The Hall–Kier alpha value is -1.27. The zero-order valence-corrected chi connectivity index (χ0v) is 8.77. The summed E-state index contributed by atoms with van der Waals surface area (Å²) in [5.41, 5.74) is 2.93. The molecule has 0 spiro atoms. The van der Waals surface area contributed by atoms with Crippen LogP contribution >= 0.6 is 0 Å². The van der Waals surface area contributed by atoms with Crippen molar-refractivity contribution in [1.82, 2.24) is 5.43 Å². The molecule has 0 aromatic carbocycles. The standard InChI is InChI=1S/C7H7N2.CH4O4S/c1-2-4-7-6(3-1)5-8-9-7;1-5-6(2,3)4/h1-3,5-7,9H;1H3,(H,2,3,4)/q+1;/p-1. The van der Waals surface area contributed by atoms with Gasteiger partial charge in [-0.2, -0.15) is 5.10 Å². The maximum Gasteiger partial charge on any atom is 0.217 e. The summed E-state index contributed by atoms with van der Waals surface area (Å²) in [6.07, 6.45) is 11.1. The largest absolute Gasteiger partial charge is 0.726 e. The van der Waals surface area contributed by atoms with Crippen LogP contribution in [-0.2, 0) is 14.6 Å². The smallest absolute Gasteiger partial charge is 0.217 e. The SMILES string of the molecule is COS(=O)(=O)[O-].[C+]1=CC=CC2C=NNC12. The average molecular weight is 230 g/mol. The Bertz CT molecular complexity index is 385. The molecule has 0 fully saturated rings. The van der Waals surface area contributed by atoms with Crippen LogP contribution in [-0.4, -0.2) is 32.3 Å². The van der Waals surface area contributed by atoms with Crippen LogP contribution in [0.25, 0.3) is 0 Å². The van der Waals surface area contributed by atoms with E-state index in [1.807, 2.05) is 18.4 Å². The lowest BCUT2D eigenvalue weighted by Gasteiger charge is -2.03. The number of hydrogen-bond acceptors (Lipinski definition) is 6. The van der Waals surface area contributed by atoms with Crippen LogP contribution in [0.4, 0.5) is 0 Å². The highest BCUT2D eigenvalue weighted by Gasteiger charge is 2.27. The van der Waals surface area contributed by atoms with Crippen LogP contribution in [0.3, 0.4) is 0 Å². The van der Waals surface area contributed by atoms with Gasteiger partial charge < -0.3 is 4.55 Å². The quantitative estimate of drug-likeness (QED) is 0.375. The number of rotatable bonds is 1. The van der Waals surface area contributed by atoms with E-state index >= 15 is 0 Å². The van der Waals surface area contributed by atoms with E-state index in [1.165, 1.54) is 0 Å². The monoisotopic (exact) mass is 230 g/mol. The fraction of sp³-hybridized carbons (Fsp3) is 0.375. The molecular formula is C8H10N2O4S. The van der Waals surface area contributed by atoms with Crippen molar-refractivity contribution in [2.24, 2.45) is 11.0 Å². The zero-order valence-electron chi connectivity index (χ0n) is 7.95. The van der Waals surface area contributed by atoms with E-state index in [-0.39, 0.29) is 0 Å². The molecule has 1 aliphatic carbocycles. The summed E-state index contributed by atoms with van der Waals surface area (Å²) in [7, 11) is -3.60. The van der Waals surface area contributed by atoms with Crippen molar-refractivity contribution in [3.8, 4) is 0 Å². The second kappa shape index (κ2) is 4.99. The van der Waals surface area contributed by atoms with Crippen LogP contribution in [0.15, 0.2) is 23.3 Å². The molecule has 0 amide bonds. The molecule has 82 valence electrons. The first-order valence-corrected chi connectivity index (χ1v) is 5.42. The Labute approximate surface area is 88.3 Å². The van der Waals surface area contributed by atoms with Gasteiger partial charge in [0, 0.05) is 12.3 Å². The van der Waals surface area contributed by atoms with E-state index in [0.29, 0.717) is 12.0 Å². The summed E-state index contributed by atoms with van der Waals surface area (Å²) < 4.78 is 31.0. The second-order valence-electron chi connectivity index (χ2n) is 2.76. The van der Waals surface area contributed by atoms with Gasteiger partial charge in [0.1, 0.15) is 0 Å². The Balaban J connectivity index is 0.000000167. The fourth-order valence-corrected chi connectivity index (χ4v) is 1.03. The molecule has 1 heterocycles. The van der Waals surface area contributed by atoms with Crippen molar-refractivity contribution in [1.29, 1.82) is 0 Å². The zero-order chi connectivity index (χ0) is 11.3. The van der Waals surface area contributed by atoms with Crippen LogP contribution < -0.4 is 5.43 Å². The minimum Gasteiger partial charge on any atom is -0.726 e. The average Bonchev–Trinajstić information content (AvgIpc) is 2.65. The molecule has 2 atom stereocenters. The number of allylic oxidation sites excluding steroid dienone is 2. The second-order valence-corrected chi connectivity index (χ2v) is 3.91. The number of hydrogen-bond donors (Lipinski definition) is 1. The summed E-state index contributed by atoms with van der Waals surface area (Å²) >= 11 is 0. The molecule has 2 aliphatic rings. The Kier molecular flexibility index (Phi) is 3.93. The van der Waals surface area contributed by atoms with Crippen molar-refractivity contribution in [2.45, 2.75) is 6.04 Å². The van der Waals surface area contributed by atoms with Crippen molar-refractivity contribution >= 4 is 16.6 Å². The molecular weight excluding hydrogens is 220 g/mol. The van der Waals surface area contributed by atoms with E-state index in [2.05, 4.69) is 26.9 Å². The molecule has 0 aromatic heterocycles. The Morgan fingerprint density at radius 2 is 2.27 bits per heavy atom. The highest BCUT2D eigenvalue weighted by molar-refractivity contribution is 7.80. The van der Waals surface area contributed by atoms with Crippen LogP contribution in [0.5, 0.6) is 0 Å². The van der Waals surface area contributed by atoms with Gasteiger partial charge in [-0.1, -0.05) is 0 Å². The van der Waals surface area contributed by atoms with Crippen LogP contribution in [0.2, 0.25) is 0 Å². The summed E-state index contributed by atoms with van der Waals surface area (Å²) in [5, 5.41) is 3.92. The van der Waals surface area contributed by atoms with Crippen molar-refractivity contribution in [3.05, 3.63) is 24.3 Å². The van der Waals surface area contributed by atoms with Gasteiger partial charge in [0.2, 0.25) is 10.4 Å². The Morgan fingerprint density at radius 1 is 1.60 bits per heavy atom. The topological polar surface area (TPSA) is 90.8 Å². The molecule has 2 rings (SSSR count). The lowest BCUT2D eigenvalue weighted by atomic mass is 9.98. The molecule has 1 aliphatic heterocycles. The Morgan fingerprint density at radius 3 is 2.80 bits per heavy atom. The maximum absolute atomic E-state index is 9.22. The minimum atomic E-state index is -4.41. The van der Waals surface area contributed by atoms with Gasteiger partial charge in [0.05, 0.1) is 25.2 Å². The van der Waals surface area contributed by atoms with E-state index in [0.717, 1.165) is 7.11 Å². The third-order valence-corrected chi connectivity index (χ3v) is 2.16. The summed E-state index contributed by atoms with van der Waals surface area (Å²) in [5.74, 6) is 0.440. The minimum absolute atomic E-state index is 0.301. The van der Waals surface area contributed by atoms with Gasteiger partial charge in [-0.3, -0.25) is 9.61 Å². The highest BCUT2D eigenvalue weighted by atomic mass is 32.3. The van der Waals surface area contributed by atoms with Gasteiger partial charge in [-0.15, -0.1) is 0 Å². The first-order chi connectivity index (χ1) is 7.03. The number of nitrogens with one attached hydrogen (secondary N) is 1. The molecule has 0 bridgehead atoms. The van der Waals surface area contributed by atoms with E-state index < -0.39 is 10.4 Å².